The minimum absolute atomic E-state index is 0. The van der Waals surface area contributed by atoms with E-state index in [1.165, 1.54) is 40.5 Å². The van der Waals surface area contributed by atoms with Crippen LogP contribution in [0.2, 0.25) is 19.6 Å². The summed E-state index contributed by atoms with van der Waals surface area (Å²) < 4.78 is 61.6. The van der Waals surface area contributed by atoms with Crippen LogP contribution in [0.4, 0.5) is 4.39 Å². The molecule has 0 saturated carbocycles. The second kappa shape index (κ2) is 14.4. The number of hydrogen-bond donors (Lipinski definition) is 0. The van der Waals surface area contributed by atoms with Crippen LogP contribution in [0.5, 0.6) is 0 Å². The smallest absolute Gasteiger partial charge is 0.123 e. The molecule has 7 rings (SSSR count). The summed E-state index contributed by atoms with van der Waals surface area (Å²) in [6.07, 6.45) is 3.51. The molecule has 2 nitrogen and oxygen atoms in total. The quantitative estimate of drug-likeness (QED) is 0.130. The van der Waals surface area contributed by atoms with E-state index in [1.54, 1.807) is 35.7 Å². The summed E-state index contributed by atoms with van der Waals surface area (Å²) in [4.78, 5) is 9.05. The molecule has 1 radical (unpaired) electrons. The molecule has 0 amide bonds. The van der Waals surface area contributed by atoms with Crippen molar-refractivity contribution in [2.75, 3.05) is 0 Å². The van der Waals surface area contributed by atoms with Crippen molar-refractivity contribution in [3.63, 3.8) is 0 Å². The van der Waals surface area contributed by atoms with Gasteiger partial charge in [-0.05, 0) is 101 Å². The Kier molecular flexibility index (Phi) is 8.40. The molecule has 3 heterocycles. The molecule has 0 bridgehead atoms. The molecule has 0 atom stereocenters. The first-order valence-electron chi connectivity index (χ1n) is 18.4. The maximum Gasteiger partial charge on any atom is 0.123 e. The number of fused-ring (bicyclic) bond motifs is 3. The fourth-order valence-corrected chi connectivity index (χ4v) is 8.57. The molecule has 0 aliphatic heterocycles. The molecule has 48 heavy (non-hydrogen) atoms. The van der Waals surface area contributed by atoms with Crippen molar-refractivity contribution in [3.05, 3.63) is 137 Å². The average molecular weight is 849 g/mol. The molecule has 7 aromatic rings. The van der Waals surface area contributed by atoms with Crippen molar-refractivity contribution in [1.82, 2.24) is 9.97 Å². The van der Waals surface area contributed by atoms with E-state index in [-0.39, 0.29) is 31.5 Å². The van der Waals surface area contributed by atoms with Crippen LogP contribution in [0.1, 0.15) is 36.0 Å². The molecule has 3 aromatic heterocycles. The Morgan fingerprint density at radius 3 is 2.25 bits per heavy atom. The largest absolute Gasteiger partial charge is 0.305 e. The monoisotopic (exact) mass is 849 g/mol. The van der Waals surface area contributed by atoms with Gasteiger partial charge in [-0.15, -0.1) is 59.2 Å². The molecule has 0 fully saturated rings. The van der Waals surface area contributed by atoms with Crippen molar-refractivity contribution < 1.29 is 32.7 Å². The summed E-state index contributed by atoms with van der Waals surface area (Å²) in [6, 6.07) is 29.9. The van der Waals surface area contributed by atoms with Gasteiger partial charge in [-0.25, -0.2) is 4.39 Å². The van der Waals surface area contributed by atoms with Crippen LogP contribution in [-0.2, 0) is 20.1 Å². The first kappa shape index (κ1) is 28.1. The SMILES string of the molecule is Cc1cc(C)c(-c2ccnc(-c3[c-]ccc4c3sc3ccc(F)cc34)c2)c(C)c1.[2H]C([2H])([2H])c1c[c-]c(-c2cc(C([2H])([2H])[2H])c([Si](C)(C)C)cn2)cc1.[Ir]. The van der Waals surface area contributed by atoms with Crippen LogP contribution >= 0.6 is 11.3 Å². The van der Waals surface area contributed by atoms with Gasteiger partial charge < -0.3 is 9.97 Å². The third-order valence-corrected chi connectivity index (χ3v) is 11.4. The number of rotatable bonds is 4. The van der Waals surface area contributed by atoms with E-state index >= 15 is 0 Å². The summed E-state index contributed by atoms with van der Waals surface area (Å²) >= 11 is 1.66. The van der Waals surface area contributed by atoms with Gasteiger partial charge >= 0.3 is 0 Å². The zero-order valence-electron chi connectivity index (χ0n) is 33.7. The molecule has 0 N–H and O–H groups in total. The molecular weight excluding hydrogens is 804 g/mol. The molecule has 0 saturated heterocycles. The van der Waals surface area contributed by atoms with E-state index in [1.807, 2.05) is 24.4 Å². The van der Waals surface area contributed by atoms with Gasteiger partial charge in [0.15, 0.2) is 0 Å². The minimum atomic E-state index is -2.22. The van der Waals surface area contributed by atoms with Crippen molar-refractivity contribution in [2.24, 2.45) is 0 Å². The van der Waals surface area contributed by atoms with E-state index in [0.717, 1.165) is 42.2 Å². The Morgan fingerprint density at radius 1 is 0.771 bits per heavy atom. The number of aromatic nitrogens is 2. The second-order valence-electron chi connectivity index (χ2n) is 12.9. The number of nitrogens with zero attached hydrogens (tertiary/aromatic N) is 2. The molecule has 4 aromatic carbocycles. The fraction of sp³-hybridized carbons (Fsp3) is 0.190. The van der Waals surface area contributed by atoms with Gasteiger partial charge in [0.25, 0.3) is 0 Å². The van der Waals surface area contributed by atoms with E-state index in [4.69, 9.17) is 8.22 Å². The maximum absolute atomic E-state index is 13.8. The molecule has 0 spiro atoms. The third-order valence-electron chi connectivity index (χ3n) is 8.18. The van der Waals surface area contributed by atoms with Crippen molar-refractivity contribution in [3.8, 4) is 33.6 Å². The van der Waals surface area contributed by atoms with E-state index in [0.29, 0.717) is 16.8 Å². The Labute approximate surface area is 310 Å². The second-order valence-corrected chi connectivity index (χ2v) is 19.0. The minimum Gasteiger partial charge on any atom is -0.305 e. The summed E-state index contributed by atoms with van der Waals surface area (Å²) in [7, 11) is -1.85. The number of aryl methyl sites for hydroxylation is 5. The molecule has 0 aliphatic carbocycles. The van der Waals surface area contributed by atoms with Crippen molar-refractivity contribution in [2.45, 2.75) is 54.1 Å². The normalized spacial score (nSPS) is 13.6. The van der Waals surface area contributed by atoms with Gasteiger partial charge in [-0.2, -0.15) is 11.3 Å². The molecule has 245 valence electrons. The van der Waals surface area contributed by atoms with E-state index in [9.17, 15) is 4.39 Å². The first-order chi connectivity index (χ1) is 24.8. The molecule has 6 heteroatoms. The van der Waals surface area contributed by atoms with Gasteiger partial charge in [-0.1, -0.05) is 67.3 Å². The van der Waals surface area contributed by atoms with Crippen LogP contribution in [0.15, 0.2) is 91.3 Å². The predicted octanol–water partition coefficient (Wildman–Crippen LogP) is 11.4. The molecule has 0 unspecified atom stereocenters. The zero-order valence-corrected chi connectivity index (χ0v) is 31.9. The number of benzene rings is 4. The Balaban J connectivity index is 0.000000208. The summed E-state index contributed by atoms with van der Waals surface area (Å²) in [5.74, 6) is -0.211. The number of thiophene rings is 1. The fourth-order valence-electron chi connectivity index (χ4n) is 6.05. The standard InChI is InChI=1S/C26H19FNS.C16H20NSi.Ir/c1-15-11-16(2)25(17(3)12-15)18-9-10-28-23(13-18)21-6-4-5-20-22-14-19(27)7-8-24(22)29-26(20)21;1-12-6-8-14(9-7-12)15-10-13(2)16(11-17-15)18(3,4)5;/h4-5,7-14H,1-3H3;6-8,10-11H,1-5H3;/q2*-1;/i;1D3,2D3;. The van der Waals surface area contributed by atoms with E-state index in [2.05, 4.69) is 86.8 Å². The van der Waals surface area contributed by atoms with Crippen molar-refractivity contribution >= 4 is 44.8 Å². The summed E-state index contributed by atoms with van der Waals surface area (Å²) in [5.41, 5.74) is 9.64. The van der Waals surface area contributed by atoms with Crippen LogP contribution in [0, 0.1) is 52.4 Å². The van der Waals surface area contributed by atoms with Crippen LogP contribution in [0.3, 0.4) is 0 Å². The van der Waals surface area contributed by atoms with Gasteiger partial charge in [-0.3, -0.25) is 0 Å². The Morgan fingerprint density at radius 2 is 1.56 bits per heavy atom. The Hall–Kier alpha value is -3.80. The van der Waals surface area contributed by atoms with E-state index < -0.39 is 21.8 Å². The first-order valence-corrected chi connectivity index (χ1v) is 19.7. The van der Waals surface area contributed by atoms with Gasteiger partial charge in [0.2, 0.25) is 0 Å². The zero-order chi connectivity index (χ0) is 38.5. The van der Waals surface area contributed by atoms with Crippen molar-refractivity contribution in [1.29, 1.82) is 0 Å². The van der Waals surface area contributed by atoms with Gasteiger partial charge in [0, 0.05) is 45.4 Å². The number of hydrogen-bond acceptors (Lipinski definition) is 3. The third kappa shape index (κ3) is 7.43. The van der Waals surface area contributed by atoms with Crippen LogP contribution < -0.4 is 5.19 Å². The maximum atomic E-state index is 13.8. The van der Waals surface area contributed by atoms with Gasteiger partial charge in [0.05, 0.1) is 8.07 Å². The Bertz CT molecular complexity index is 2450. The summed E-state index contributed by atoms with van der Waals surface area (Å²) in [5, 5.41) is 2.81. The topological polar surface area (TPSA) is 25.8 Å². The molecular formula is C42H39FIrN2SSi-2. The van der Waals surface area contributed by atoms with Gasteiger partial charge in [0.1, 0.15) is 5.82 Å². The summed E-state index contributed by atoms with van der Waals surface area (Å²) in [6.45, 7) is 8.27. The predicted molar refractivity (Wildman–Crippen MR) is 202 cm³/mol. The average Bonchev–Trinajstić information content (AvgIpc) is 3.45. The number of halogens is 1. The van der Waals surface area contributed by atoms with Crippen LogP contribution in [-0.4, -0.2) is 18.0 Å². The molecule has 0 aliphatic rings. The number of pyridine rings is 2. The van der Waals surface area contributed by atoms with Crippen LogP contribution in [0.25, 0.3) is 53.8 Å².